The standard InChI is InChI=1S/C14H11F2N2O7P/c15-11-1-9(3-13(5-11)17(19)20)7-24-26(23)25-8-10-2-12(16)6-14(4-10)18(21)22/h1-6,26H,7-8H2. The third kappa shape index (κ3) is 5.66. The topological polar surface area (TPSA) is 122 Å². The molecular formula is C14H11F2N2O7P. The molecule has 0 unspecified atom stereocenters. The van der Waals surface area contributed by atoms with Gasteiger partial charge in [0.05, 0.1) is 35.2 Å². The van der Waals surface area contributed by atoms with Crippen LogP contribution in [0.4, 0.5) is 20.2 Å². The molecule has 0 bridgehead atoms. The Labute approximate surface area is 145 Å². The van der Waals surface area contributed by atoms with Gasteiger partial charge < -0.3 is 9.05 Å². The van der Waals surface area contributed by atoms with E-state index in [1.807, 2.05) is 0 Å². The zero-order valence-electron chi connectivity index (χ0n) is 12.9. The molecule has 2 aromatic carbocycles. The summed E-state index contributed by atoms with van der Waals surface area (Å²) in [5, 5.41) is 21.3. The van der Waals surface area contributed by atoms with E-state index in [0.29, 0.717) is 0 Å². The molecule has 0 atom stereocenters. The quantitative estimate of drug-likeness (QED) is 0.382. The van der Waals surface area contributed by atoms with Gasteiger partial charge in [0.15, 0.2) is 0 Å². The third-order valence-electron chi connectivity index (χ3n) is 3.02. The summed E-state index contributed by atoms with van der Waals surface area (Å²) < 4.78 is 47.9. The lowest BCUT2D eigenvalue weighted by Gasteiger charge is -2.06. The van der Waals surface area contributed by atoms with Gasteiger partial charge in [0.2, 0.25) is 0 Å². The summed E-state index contributed by atoms with van der Waals surface area (Å²) in [7, 11) is -3.11. The van der Waals surface area contributed by atoms with Crippen LogP contribution in [0.5, 0.6) is 0 Å². The molecule has 9 nitrogen and oxygen atoms in total. The van der Waals surface area contributed by atoms with Crippen molar-refractivity contribution in [2.24, 2.45) is 0 Å². The molecule has 0 aliphatic rings. The molecule has 26 heavy (non-hydrogen) atoms. The molecule has 0 saturated carbocycles. The number of non-ortho nitro benzene ring substituents is 2. The maximum Gasteiger partial charge on any atom is 0.319 e. The van der Waals surface area contributed by atoms with Crippen molar-refractivity contribution in [3.05, 3.63) is 79.4 Å². The van der Waals surface area contributed by atoms with Crippen LogP contribution in [0.1, 0.15) is 11.1 Å². The summed E-state index contributed by atoms with van der Waals surface area (Å²) in [4.78, 5) is 19.7. The van der Waals surface area contributed by atoms with Crippen LogP contribution in [0.15, 0.2) is 36.4 Å². The molecule has 0 radical (unpaired) electrons. The van der Waals surface area contributed by atoms with Crippen molar-refractivity contribution in [1.82, 2.24) is 0 Å². The van der Waals surface area contributed by atoms with Crippen molar-refractivity contribution in [2.45, 2.75) is 13.2 Å². The van der Waals surface area contributed by atoms with Crippen LogP contribution in [0.3, 0.4) is 0 Å². The van der Waals surface area contributed by atoms with Crippen LogP contribution in [0, 0.1) is 31.9 Å². The highest BCUT2D eigenvalue weighted by atomic mass is 31.1. The first-order valence-electron chi connectivity index (χ1n) is 6.92. The second kappa shape index (κ2) is 8.56. The fourth-order valence-corrected chi connectivity index (χ4v) is 2.62. The normalized spacial score (nSPS) is 10.9. The molecule has 0 spiro atoms. The summed E-state index contributed by atoms with van der Waals surface area (Å²) >= 11 is 0. The average molecular weight is 388 g/mol. The Morgan fingerprint density at radius 2 is 1.19 bits per heavy atom. The lowest BCUT2D eigenvalue weighted by atomic mass is 10.2. The van der Waals surface area contributed by atoms with Gasteiger partial charge in [0, 0.05) is 12.1 Å². The smallest absolute Gasteiger partial charge is 0.306 e. The summed E-state index contributed by atoms with van der Waals surface area (Å²) in [5.41, 5.74) is -0.840. The minimum absolute atomic E-state index is 0.0695. The highest BCUT2D eigenvalue weighted by molar-refractivity contribution is 7.33. The Morgan fingerprint density at radius 1 is 0.808 bits per heavy atom. The molecule has 0 saturated heterocycles. The van der Waals surface area contributed by atoms with Crippen molar-refractivity contribution in [2.75, 3.05) is 0 Å². The van der Waals surface area contributed by atoms with Crippen LogP contribution in [-0.2, 0) is 26.8 Å². The van der Waals surface area contributed by atoms with Crippen LogP contribution in [0.2, 0.25) is 0 Å². The highest BCUT2D eigenvalue weighted by Gasteiger charge is 2.13. The molecular weight excluding hydrogens is 377 g/mol. The predicted octanol–water partition coefficient (Wildman–Crippen LogP) is 3.90. The van der Waals surface area contributed by atoms with Gasteiger partial charge in [0.25, 0.3) is 11.4 Å². The minimum Gasteiger partial charge on any atom is -0.306 e. The van der Waals surface area contributed by atoms with Gasteiger partial charge in [-0.3, -0.25) is 24.8 Å². The SMILES string of the molecule is O=[N+]([O-])c1cc(F)cc(CO[PH](=O)OCc2cc(F)cc([N+](=O)[O-])c2)c1. The number of rotatable bonds is 8. The lowest BCUT2D eigenvalue weighted by Crippen LogP contribution is -1.95. The first-order chi connectivity index (χ1) is 12.2. The summed E-state index contributed by atoms with van der Waals surface area (Å²) in [5.74, 6) is -1.71. The average Bonchev–Trinajstić information content (AvgIpc) is 2.57. The monoisotopic (exact) mass is 388 g/mol. The number of nitrogens with zero attached hydrogens (tertiary/aromatic N) is 2. The van der Waals surface area contributed by atoms with Gasteiger partial charge >= 0.3 is 8.25 Å². The fourth-order valence-electron chi connectivity index (χ4n) is 1.97. The first kappa shape index (κ1) is 19.6. The third-order valence-corrected chi connectivity index (χ3v) is 3.78. The molecule has 0 heterocycles. The van der Waals surface area contributed by atoms with E-state index in [9.17, 15) is 33.6 Å². The Morgan fingerprint density at radius 3 is 1.54 bits per heavy atom. The second-order valence-electron chi connectivity index (χ2n) is 4.98. The van der Waals surface area contributed by atoms with Gasteiger partial charge in [-0.1, -0.05) is 0 Å². The Bertz CT molecular complexity index is 809. The van der Waals surface area contributed by atoms with E-state index in [4.69, 9.17) is 9.05 Å². The number of halogens is 2. The van der Waals surface area contributed by atoms with E-state index in [-0.39, 0.29) is 11.1 Å². The molecule has 0 aliphatic heterocycles. The largest absolute Gasteiger partial charge is 0.319 e. The highest BCUT2D eigenvalue weighted by Crippen LogP contribution is 2.29. The van der Waals surface area contributed by atoms with E-state index in [2.05, 4.69) is 0 Å². The molecule has 0 aliphatic carbocycles. The molecule has 0 fully saturated rings. The zero-order chi connectivity index (χ0) is 19.3. The lowest BCUT2D eigenvalue weighted by molar-refractivity contribution is -0.385. The van der Waals surface area contributed by atoms with Crippen molar-refractivity contribution in [3.63, 3.8) is 0 Å². The summed E-state index contributed by atoms with van der Waals surface area (Å²) in [6.07, 6.45) is 0. The maximum absolute atomic E-state index is 13.3. The molecule has 0 N–H and O–H groups in total. The van der Waals surface area contributed by atoms with Gasteiger partial charge in [0.1, 0.15) is 11.6 Å². The molecule has 2 rings (SSSR count). The van der Waals surface area contributed by atoms with Crippen LogP contribution >= 0.6 is 8.25 Å². The van der Waals surface area contributed by atoms with Crippen molar-refractivity contribution in [1.29, 1.82) is 0 Å². The van der Waals surface area contributed by atoms with E-state index in [0.717, 1.165) is 36.4 Å². The van der Waals surface area contributed by atoms with Gasteiger partial charge in [-0.25, -0.2) is 8.78 Å². The van der Waals surface area contributed by atoms with E-state index >= 15 is 0 Å². The van der Waals surface area contributed by atoms with E-state index in [1.165, 1.54) is 0 Å². The van der Waals surface area contributed by atoms with Gasteiger partial charge in [-0.2, -0.15) is 0 Å². The minimum atomic E-state index is -3.11. The molecule has 2 aromatic rings. The Kier molecular flexibility index (Phi) is 6.45. The van der Waals surface area contributed by atoms with E-state index in [1.54, 1.807) is 0 Å². The molecule has 0 aromatic heterocycles. The van der Waals surface area contributed by atoms with Crippen LogP contribution in [0.25, 0.3) is 0 Å². The van der Waals surface area contributed by atoms with Crippen LogP contribution in [-0.4, -0.2) is 9.85 Å². The number of nitro groups is 2. The molecule has 0 amide bonds. The Balaban J connectivity index is 1.94. The molecule has 138 valence electrons. The van der Waals surface area contributed by atoms with Gasteiger partial charge in [-0.15, -0.1) is 0 Å². The maximum atomic E-state index is 13.3. The molecule has 12 heteroatoms. The summed E-state index contributed by atoms with van der Waals surface area (Å²) in [6, 6.07) is 5.48. The van der Waals surface area contributed by atoms with Gasteiger partial charge in [-0.05, 0) is 23.3 Å². The number of hydrogen-bond donors (Lipinski definition) is 0. The number of nitro benzene ring substituents is 2. The first-order valence-corrected chi connectivity index (χ1v) is 8.14. The van der Waals surface area contributed by atoms with Crippen molar-refractivity contribution in [3.8, 4) is 0 Å². The fraction of sp³-hybridized carbons (Fsp3) is 0.143. The number of benzene rings is 2. The Hall–Kier alpha value is -2.75. The zero-order valence-corrected chi connectivity index (χ0v) is 13.9. The van der Waals surface area contributed by atoms with E-state index < -0.39 is 54.3 Å². The summed E-state index contributed by atoms with van der Waals surface area (Å²) in [6.45, 7) is -0.834. The van der Waals surface area contributed by atoms with Crippen molar-refractivity contribution < 1.29 is 32.2 Å². The number of hydrogen-bond acceptors (Lipinski definition) is 7. The van der Waals surface area contributed by atoms with Crippen LogP contribution < -0.4 is 0 Å². The van der Waals surface area contributed by atoms with Crippen molar-refractivity contribution >= 4 is 19.6 Å². The second-order valence-corrected chi connectivity index (χ2v) is 6.05. The predicted molar refractivity (Wildman–Crippen MR) is 84.7 cm³/mol.